The van der Waals surface area contributed by atoms with Crippen molar-refractivity contribution < 1.29 is 24.3 Å². The highest BCUT2D eigenvalue weighted by atomic mass is 16.4. The number of carbonyl (C=O) groups excluding carboxylic acids is 3. The minimum atomic E-state index is -1.02. The number of aryl methyl sites for hydroxylation is 1. The molecule has 0 aromatic heterocycles. The minimum absolute atomic E-state index is 0.0845. The van der Waals surface area contributed by atoms with E-state index in [1.807, 2.05) is 31.2 Å². The van der Waals surface area contributed by atoms with Crippen LogP contribution < -0.4 is 21.3 Å². The summed E-state index contributed by atoms with van der Waals surface area (Å²) in [4.78, 5) is 48.4. The minimum Gasteiger partial charge on any atom is -0.478 e. The molecule has 4 amide bonds. The molecular weight excluding hydrogens is 484 g/mol. The molecule has 9 nitrogen and oxygen atoms in total. The topological polar surface area (TPSA) is 137 Å². The first-order valence-electron chi connectivity index (χ1n) is 12.4. The number of aromatic carboxylic acids is 1. The molecule has 1 fully saturated rings. The number of benzene rings is 3. The zero-order valence-electron chi connectivity index (χ0n) is 21.0. The lowest BCUT2D eigenvalue weighted by Gasteiger charge is -2.14. The van der Waals surface area contributed by atoms with Gasteiger partial charge in [0.1, 0.15) is 0 Å². The fourth-order valence-corrected chi connectivity index (χ4v) is 4.46. The Bertz CT molecular complexity index is 1320. The van der Waals surface area contributed by atoms with Gasteiger partial charge < -0.3 is 26.4 Å². The highest BCUT2D eigenvalue weighted by Gasteiger charge is 2.30. The molecule has 5 N–H and O–H groups in total. The van der Waals surface area contributed by atoms with Gasteiger partial charge >= 0.3 is 12.0 Å². The highest BCUT2D eigenvalue weighted by Crippen LogP contribution is 2.27. The molecule has 2 atom stereocenters. The first kappa shape index (κ1) is 26.4. The lowest BCUT2D eigenvalue weighted by molar-refractivity contribution is -0.122. The summed E-state index contributed by atoms with van der Waals surface area (Å²) in [6.07, 6.45) is 2.11. The zero-order valence-corrected chi connectivity index (χ0v) is 21.0. The molecular formula is C29H30N4O5. The molecule has 0 heterocycles. The zero-order chi connectivity index (χ0) is 27.1. The van der Waals surface area contributed by atoms with Crippen LogP contribution in [0.2, 0.25) is 0 Å². The van der Waals surface area contributed by atoms with E-state index in [0.29, 0.717) is 30.6 Å². The second-order valence-corrected chi connectivity index (χ2v) is 9.41. The molecule has 1 aliphatic rings. The Morgan fingerprint density at radius 3 is 2.16 bits per heavy atom. The van der Waals surface area contributed by atoms with E-state index in [9.17, 15) is 19.2 Å². The molecule has 9 heteroatoms. The molecule has 0 radical (unpaired) electrons. The van der Waals surface area contributed by atoms with Gasteiger partial charge in [0, 0.05) is 29.0 Å². The Hall–Kier alpha value is -4.66. The number of carbonyl (C=O) groups is 4. The molecule has 0 unspecified atom stereocenters. The third-order valence-electron chi connectivity index (χ3n) is 6.54. The molecule has 0 aliphatic heterocycles. The summed E-state index contributed by atoms with van der Waals surface area (Å²) in [6, 6.07) is 20.2. The van der Waals surface area contributed by atoms with Crippen molar-refractivity contribution in [3.05, 3.63) is 89.5 Å². The Morgan fingerprint density at radius 2 is 1.47 bits per heavy atom. The highest BCUT2D eigenvalue weighted by molar-refractivity contribution is 6.00. The molecule has 3 aromatic carbocycles. The van der Waals surface area contributed by atoms with Crippen LogP contribution in [0, 0.1) is 12.8 Å². The van der Waals surface area contributed by atoms with Crippen LogP contribution in [0.4, 0.5) is 21.9 Å². The van der Waals surface area contributed by atoms with Crippen molar-refractivity contribution in [2.24, 2.45) is 5.92 Å². The van der Waals surface area contributed by atoms with Crippen LogP contribution in [0.3, 0.4) is 0 Å². The van der Waals surface area contributed by atoms with Gasteiger partial charge in [-0.3, -0.25) is 9.59 Å². The van der Waals surface area contributed by atoms with Crippen LogP contribution in [0.5, 0.6) is 0 Å². The van der Waals surface area contributed by atoms with E-state index < -0.39 is 5.97 Å². The van der Waals surface area contributed by atoms with Crippen LogP contribution in [0.1, 0.15) is 40.7 Å². The van der Waals surface area contributed by atoms with Gasteiger partial charge in [-0.25, -0.2) is 9.59 Å². The predicted molar refractivity (Wildman–Crippen MR) is 145 cm³/mol. The number of amides is 4. The van der Waals surface area contributed by atoms with E-state index in [0.717, 1.165) is 16.8 Å². The molecule has 0 spiro atoms. The Balaban J connectivity index is 1.20. The third-order valence-corrected chi connectivity index (χ3v) is 6.54. The average molecular weight is 515 g/mol. The summed E-state index contributed by atoms with van der Waals surface area (Å²) in [7, 11) is 0. The summed E-state index contributed by atoms with van der Waals surface area (Å²) in [5.41, 5.74) is 3.82. The smallest absolute Gasteiger partial charge is 0.335 e. The normalized spacial score (nSPS) is 16.3. The summed E-state index contributed by atoms with van der Waals surface area (Å²) in [5.74, 6) is -1.51. The van der Waals surface area contributed by atoms with Gasteiger partial charge in [-0.1, -0.05) is 30.3 Å². The van der Waals surface area contributed by atoms with Crippen LogP contribution in [-0.4, -0.2) is 35.0 Å². The van der Waals surface area contributed by atoms with Crippen molar-refractivity contribution >= 4 is 40.9 Å². The number of hydrogen-bond donors (Lipinski definition) is 5. The second kappa shape index (κ2) is 12.1. The number of hydrogen-bond acceptors (Lipinski definition) is 4. The summed E-state index contributed by atoms with van der Waals surface area (Å²) >= 11 is 0. The maximum Gasteiger partial charge on any atom is 0.335 e. The summed E-state index contributed by atoms with van der Waals surface area (Å²) < 4.78 is 0. The molecule has 4 rings (SSSR count). The van der Waals surface area contributed by atoms with E-state index in [2.05, 4.69) is 21.3 Å². The molecule has 0 bridgehead atoms. The molecule has 0 saturated heterocycles. The Labute approximate surface area is 220 Å². The van der Waals surface area contributed by atoms with Crippen molar-refractivity contribution in [1.82, 2.24) is 5.32 Å². The SMILES string of the molecule is Cc1ccccc1NC(=O)Nc1ccc(CC(=O)N[C@@H]2CC[C@H](C(=O)Nc3ccc(C(=O)O)cc3)C2)cc1. The van der Waals surface area contributed by atoms with E-state index in [4.69, 9.17) is 5.11 Å². The number of urea groups is 1. The Morgan fingerprint density at radius 1 is 0.816 bits per heavy atom. The van der Waals surface area contributed by atoms with Crippen molar-refractivity contribution in [2.45, 2.75) is 38.6 Å². The van der Waals surface area contributed by atoms with Crippen LogP contribution in [-0.2, 0) is 16.0 Å². The monoisotopic (exact) mass is 514 g/mol. The molecule has 1 saturated carbocycles. The van der Waals surface area contributed by atoms with Gasteiger partial charge in [0.2, 0.25) is 11.8 Å². The number of nitrogens with one attached hydrogen (secondary N) is 4. The third kappa shape index (κ3) is 7.19. The number of para-hydroxylation sites is 1. The second-order valence-electron chi connectivity index (χ2n) is 9.41. The van der Waals surface area contributed by atoms with Gasteiger partial charge in [-0.05, 0) is 79.8 Å². The van der Waals surface area contributed by atoms with Crippen molar-refractivity contribution in [1.29, 1.82) is 0 Å². The first-order valence-corrected chi connectivity index (χ1v) is 12.4. The number of carboxylic acids is 1. The van der Waals surface area contributed by atoms with E-state index in [1.54, 1.807) is 36.4 Å². The maximum absolute atomic E-state index is 12.6. The molecule has 3 aromatic rings. The summed E-state index contributed by atoms with van der Waals surface area (Å²) in [6.45, 7) is 1.92. The van der Waals surface area contributed by atoms with Gasteiger partial charge in [0.05, 0.1) is 12.0 Å². The van der Waals surface area contributed by atoms with Crippen LogP contribution in [0.25, 0.3) is 0 Å². The molecule has 196 valence electrons. The lowest BCUT2D eigenvalue weighted by Crippen LogP contribution is -2.34. The Kier molecular flexibility index (Phi) is 8.37. The maximum atomic E-state index is 12.6. The van der Waals surface area contributed by atoms with Gasteiger partial charge in [0.15, 0.2) is 0 Å². The van der Waals surface area contributed by atoms with E-state index in [-0.39, 0.29) is 41.8 Å². The number of carboxylic acid groups (broad SMARTS) is 1. The predicted octanol–water partition coefficient (Wildman–Crippen LogP) is 4.80. The van der Waals surface area contributed by atoms with Gasteiger partial charge in [-0.15, -0.1) is 0 Å². The molecule has 38 heavy (non-hydrogen) atoms. The fraction of sp³-hybridized carbons (Fsp3) is 0.241. The van der Waals surface area contributed by atoms with Crippen molar-refractivity contribution in [3.63, 3.8) is 0 Å². The van der Waals surface area contributed by atoms with Crippen LogP contribution >= 0.6 is 0 Å². The van der Waals surface area contributed by atoms with Gasteiger partial charge in [0.25, 0.3) is 0 Å². The average Bonchev–Trinajstić information content (AvgIpc) is 3.35. The summed E-state index contributed by atoms with van der Waals surface area (Å²) in [5, 5.41) is 20.4. The van der Waals surface area contributed by atoms with Gasteiger partial charge in [-0.2, -0.15) is 0 Å². The molecule has 1 aliphatic carbocycles. The van der Waals surface area contributed by atoms with Crippen molar-refractivity contribution in [2.75, 3.05) is 16.0 Å². The quantitative estimate of drug-likeness (QED) is 0.294. The standard InChI is InChI=1S/C29H30N4O5/c1-18-4-2-3-5-25(18)33-29(38)32-23-11-6-19(7-12-23)16-26(34)30-24-15-10-21(17-24)27(35)31-22-13-8-20(9-14-22)28(36)37/h2-9,11-14,21,24H,10,15-17H2,1H3,(H,30,34)(H,31,35)(H,36,37)(H2,32,33,38)/t21-,24+/m0/s1. The van der Waals surface area contributed by atoms with Crippen LogP contribution in [0.15, 0.2) is 72.8 Å². The first-order chi connectivity index (χ1) is 18.3. The van der Waals surface area contributed by atoms with E-state index in [1.165, 1.54) is 12.1 Å². The lowest BCUT2D eigenvalue weighted by atomic mass is 10.1. The largest absolute Gasteiger partial charge is 0.478 e. The number of anilines is 3. The van der Waals surface area contributed by atoms with Crippen molar-refractivity contribution in [3.8, 4) is 0 Å². The fourth-order valence-electron chi connectivity index (χ4n) is 4.46. The van der Waals surface area contributed by atoms with E-state index >= 15 is 0 Å². The number of rotatable bonds is 8.